The van der Waals surface area contributed by atoms with E-state index in [0.717, 1.165) is 11.5 Å². The van der Waals surface area contributed by atoms with Gasteiger partial charge in [-0.05, 0) is 31.2 Å². The van der Waals surface area contributed by atoms with Crippen LogP contribution in [0, 0.1) is 11.6 Å². The first-order chi connectivity index (χ1) is 9.50. The Hall–Kier alpha value is -2.17. The van der Waals surface area contributed by atoms with E-state index in [4.69, 9.17) is 0 Å². The van der Waals surface area contributed by atoms with Gasteiger partial charge in [-0.25, -0.2) is 13.8 Å². The number of rotatable bonds is 4. The van der Waals surface area contributed by atoms with Crippen LogP contribution in [0.1, 0.15) is 18.5 Å². The van der Waals surface area contributed by atoms with Crippen LogP contribution in [0.3, 0.4) is 0 Å². The lowest BCUT2D eigenvalue weighted by atomic mass is 10.1. The van der Waals surface area contributed by atoms with Crippen LogP contribution in [0.15, 0.2) is 36.5 Å². The van der Waals surface area contributed by atoms with Crippen molar-refractivity contribution in [1.29, 1.82) is 0 Å². The minimum atomic E-state index is -0.555. The van der Waals surface area contributed by atoms with Crippen LogP contribution in [0.4, 0.5) is 20.3 Å². The van der Waals surface area contributed by atoms with Gasteiger partial charge in [-0.1, -0.05) is 6.07 Å². The molecule has 0 aliphatic heterocycles. The molecule has 0 aliphatic rings. The maximum Gasteiger partial charge on any atom is 0.151 e. The average molecular weight is 277 g/mol. The second kappa shape index (κ2) is 5.86. The highest BCUT2D eigenvalue weighted by Crippen LogP contribution is 2.28. The third kappa shape index (κ3) is 2.87. The van der Waals surface area contributed by atoms with Gasteiger partial charge in [0.2, 0.25) is 0 Å². The predicted octanol–water partition coefficient (Wildman–Crippen LogP) is 3.60. The summed E-state index contributed by atoms with van der Waals surface area (Å²) >= 11 is 0. The Morgan fingerprint density at radius 2 is 1.75 bits per heavy atom. The predicted molar refractivity (Wildman–Crippen MR) is 77.0 cm³/mol. The molecule has 2 aromatic rings. The van der Waals surface area contributed by atoms with Gasteiger partial charge >= 0.3 is 0 Å². The van der Waals surface area contributed by atoms with E-state index in [1.807, 2.05) is 25.1 Å². The van der Waals surface area contributed by atoms with E-state index in [1.54, 1.807) is 19.2 Å². The molecule has 20 heavy (non-hydrogen) atoms. The summed E-state index contributed by atoms with van der Waals surface area (Å²) in [7, 11) is 3.73. The van der Waals surface area contributed by atoms with Crippen LogP contribution in [0.5, 0.6) is 0 Å². The molecule has 1 aromatic heterocycles. The number of anilines is 2. The Bertz CT molecular complexity index is 579. The van der Waals surface area contributed by atoms with Crippen molar-refractivity contribution < 1.29 is 8.78 Å². The highest BCUT2D eigenvalue weighted by Gasteiger charge is 2.17. The van der Waals surface area contributed by atoms with Gasteiger partial charge in [-0.15, -0.1) is 0 Å². The first-order valence-corrected chi connectivity index (χ1v) is 6.33. The first-order valence-electron chi connectivity index (χ1n) is 6.33. The van der Waals surface area contributed by atoms with E-state index in [9.17, 15) is 8.78 Å². The monoisotopic (exact) mass is 277 g/mol. The molecule has 2 rings (SSSR count). The van der Waals surface area contributed by atoms with Crippen molar-refractivity contribution in [1.82, 2.24) is 4.98 Å². The quantitative estimate of drug-likeness (QED) is 0.925. The summed E-state index contributed by atoms with van der Waals surface area (Å²) in [6.45, 7) is 1.72. The minimum Gasteiger partial charge on any atom is -0.375 e. The van der Waals surface area contributed by atoms with Gasteiger partial charge in [-0.2, -0.15) is 0 Å². The number of hydrogen-bond donors (Lipinski definition) is 1. The van der Waals surface area contributed by atoms with Crippen LogP contribution < -0.4 is 10.2 Å². The summed E-state index contributed by atoms with van der Waals surface area (Å²) in [4.78, 5) is 6.09. The Morgan fingerprint density at radius 3 is 2.35 bits per heavy atom. The lowest BCUT2D eigenvalue weighted by molar-refractivity contribution is 0.544. The Balaban J connectivity index is 2.31. The molecular formula is C15H17F2N3. The first kappa shape index (κ1) is 14.2. The molecule has 3 nitrogen and oxygen atoms in total. The summed E-state index contributed by atoms with van der Waals surface area (Å²) < 4.78 is 27.5. The summed E-state index contributed by atoms with van der Waals surface area (Å²) in [5.41, 5.74) is 0.758. The smallest absolute Gasteiger partial charge is 0.151 e. The van der Waals surface area contributed by atoms with Crippen LogP contribution in [0.25, 0.3) is 0 Å². The topological polar surface area (TPSA) is 28.2 Å². The van der Waals surface area contributed by atoms with Crippen LogP contribution >= 0.6 is 0 Å². The molecule has 0 aliphatic carbocycles. The second-order valence-electron chi connectivity index (χ2n) is 4.77. The van der Waals surface area contributed by atoms with Crippen molar-refractivity contribution in [3.05, 3.63) is 53.7 Å². The van der Waals surface area contributed by atoms with Gasteiger partial charge in [-0.3, -0.25) is 0 Å². The van der Waals surface area contributed by atoms with E-state index in [1.165, 1.54) is 18.2 Å². The third-order valence-corrected chi connectivity index (χ3v) is 3.02. The van der Waals surface area contributed by atoms with E-state index >= 15 is 0 Å². The average Bonchev–Trinajstić information content (AvgIpc) is 2.38. The number of halogens is 2. The van der Waals surface area contributed by atoms with Crippen molar-refractivity contribution in [2.75, 3.05) is 24.3 Å². The largest absolute Gasteiger partial charge is 0.375 e. The van der Waals surface area contributed by atoms with Crippen LogP contribution in [-0.4, -0.2) is 19.1 Å². The van der Waals surface area contributed by atoms with Crippen molar-refractivity contribution in [2.24, 2.45) is 0 Å². The number of pyridine rings is 1. The van der Waals surface area contributed by atoms with Gasteiger partial charge in [0.25, 0.3) is 0 Å². The van der Waals surface area contributed by atoms with E-state index in [2.05, 4.69) is 10.3 Å². The van der Waals surface area contributed by atoms with Crippen molar-refractivity contribution in [2.45, 2.75) is 13.0 Å². The Morgan fingerprint density at radius 1 is 1.10 bits per heavy atom. The molecule has 5 heteroatoms. The maximum absolute atomic E-state index is 13.8. The third-order valence-electron chi connectivity index (χ3n) is 3.02. The van der Waals surface area contributed by atoms with Gasteiger partial charge in [0.1, 0.15) is 11.6 Å². The zero-order chi connectivity index (χ0) is 14.7. The molecule has 0 fully saturated rings. The molecule has 1 unspecified atom stereocenters. The molecule has 1 atom stereocenters. The number of benzene rings is 1. The van der Waals surface area contributed by atoms with Crippen molar-refractivity contribution in [3.8, 4) is 0 Å². The molecule has 0 radical (unpaired) electrons. The van der Waals surface area contributed by atoms with Crippen LogP contribution in [-0.2, 0) is 0 Å². The van der Waals surface area contributed by atoms with Gasteiger partial charge in [0, 0.05) is 25.9 Å². The Labute approximate surface area is 117 Å². The fraction of sp³-hybridized carbons (Fsp3) is 0.267. The zero-order valence-electron chi connectivity index (χ0n) is 11.7. The molecule has 0 saturated carbocycles. The maximum atomic E-state index is 13.8. The molecule has 1 heterocycles. The molecular weight excluding hydrogens is 260 g/mol. The highest BCUT2D eigenvalue weighted by atomic mass is 19.1. The minimum absolute atomic E-state index is 0.0288. The number of nitrogens with one attached hydrogen (secondary N) is 1. The summed E-state index contributed by atoms with van der Waals surface area (Å²) in [6.07, 6.45) is 1.68. The molecule has 0 amide bonds. The van der Waals surface area contributed by atoms with Crippen molar-refractivity contribution >= 4 is 11.5 Å². The molecule has 0 spiro atoms. The standard InChI is InChI=1S/C15H17F2N3/c1-10(14-11(16)6-4-7-12(14)17)19-13-8-5-9-18-15(13)20(2)3/h4-10,19H,1-3H3. The van der Waals surface area contributed by atoms with E-state index in [0.29, 0.717) is 0 Å². The van der Waals surface area contributed by atoms with Gasteiger partial charge in [0.15, 0.2) is 5.82 Å². The molecule has 0 bridgehead atoms. The molecule has 0 saturated heterocycles. The highest BCUT2D eigenvalue weighted by molar-refractivity contribution is 5.65. The fourth-order valence-electron chi connectivity index (χ4n) is 2.10. The molecule has 1 N–H and O–H groups in total. The number of hydrogen-bond acceptors (Lipinski definition) is 3. The Kier molecular flexibility index (Phi) is 4.17. The summed E-state index contributed by atoms with van der Waals surface area (Å²) in [5.74, 6) is -0.392. The zero-order valence-corrected chi connectivity index (χ0v) is 11.7. The normalized spacial score (nSPS) is 12.1. The molecule has 1 aromatic carbocycles. The van der Waals surface area contributed by atoms with Gasteiger partial charge < -0.3 is 10.2 Å². The van der Waals surface area contributed by atoms with Crippen LogP contribution in [0.2, 0.25) is 0 Å². The lowest BCUT2D eigenvalue weighted by Gasteiger charge is -2.21. The molecule has 106 valence electrons. The van der Waals surface area contributed by atoms with Gasteiger partial charge in [0.05, 0.1) is 11.7 Å². The fourth-order valence-corrected chi connectivity index (χ4v) is 2.10. The summed E-state index contributed by atoms with van der Waals surface area (Å²) in [5, 5.41) is 3.11. The van der Waals surface area contributed by atoms with Crippen molar-refractivity contribution in [3.63, 3.8) is 0 Å². The van der Waals surface area contributed by atoms with E-state index in [-0.39, 0.29) is 5.56 Å². The number of aromatic nitrogens is 1. The second-order valence-corrected chi connectivity index (χ2v) is 4.77. The number of nitrogens with zero attached hydrogens (tertiary/aromatic N) is 2. The summed E-state index contributed by atoms with van der Waals surface area (Å²) in [6, 6.07) is 6.98. The SMILES string of the molecule is CC(Nc1cccnc1N(C)C)c1c(F)cccc1F. The lowest BCUT2D eigenvalue weighted by Crippen LogP contribution is -2.16. The van der Waals surface area contributed by atoms with E-state index < -0.39 is 17.7 Å².